The van der Waals surface area contributed by atoms with Gasteiger partial charge in [0.05, 0.1) is 22.6 Å². The zero-order valence-electron chi connectivity index (χ0n) is 10.9. The van der Waals surface area contributed by atoms with E-state index in [4.69, 9.17) is 15.6 Å². The SMILES string of the molecule is CC1OCCC1NS(=O)(=O)c1cc(N)ccc1C(=O)O. The van der Waals surface area contributed by atoms with Crippen LogP contribution in [0.3, 0.4) is 0 Å². The van der Waals surface area contributed by atoms with Crippen LogP contribution in [0.2, 0.25) is 0 Å². The Hall–Kier alpha value is -1.64. The standard InChI is InChI=1S/C12H16N2O5S/c1-7-10(4-5-19-7)14-20(17,18)11-6-8(13)2-3-9(11)12(15)16/h2-3,6-7,10,14H,4-5,13H2,1H3,(H,15,16). The minimum atomic E-state index is -3.97. The molecule has 4 N–H and O–H groups in total. The number of aromatic carboxylic acids is 1. The van der Waals surface area contributed by atoms with Crippen molar-refractivity contribution in [1.29, 1.82) is 0 Å². The van der Waals surface area contributed by atoms with Crippen molar-refractivity contribution in [3.8, 4) is 0 Å². The highest BCUT2D eigenvalue weighted by molar-refractivity contribution is 7.89. The molecule has 0 radical (unpaired) electrons. The van der Waals surface area contributed by atoms with E-state index in [0.717, 1.165) is 6.07 Å². The third-order valence-corrected chi connectivity index (χ3v) is 4.74. The number of ether oxygens (including phenoxy) is 1. The Bertz CT molecular complexity index is 629. The molecule has 1 aliphatic rings. The molecule has 2 unspecified atom stereocenters. The molecule has 1 heterocycles. The van der Waals surface area contributed by atoms with Crippen molar-refractivity contribution in [2.75, 3.05) is 12.3 Å². The second kappa shape index (κ2) is 5.39. The molecule has 0 amide bonds. The van der Waals surface area contributed by atoms with E-state index < -0.39 is 16.0 Å². The van der Waals surface area contributed by atoms with E-state index in [2.05, 4.69) is 4.72 Å². The van der Waals surface area contributed by atoms with E-state index in [1.165, 1.54) is 12.1 Å². The predicted molar refractivity (Wildman–Crippen MR) is 72.0 cm³/mol. The van der Waals surface area contributed by atoms with E-state index >= 15 is 0 Å². The summed E-state index contributed by atoms with van der Waals surface area (Å²) in [6, 6.07) is 3.31. The Morgan fingerprint density at radius 1 is 1.50 bits per heavy atom. The summed E-state index contributed by atoms with van der Waals surface area (Å²) in [6.07, 6.45) is 0.296. The average molecular weight is 300 g/mol. The van der Waals surface area contributed by atoms with Gasteiger partial charge >= 0.3 is 5.97 Å². The third kappa shape index (κ3) is 2.92. The van der Waals surface area contributed by atoms with E-state index in [9.17, 15) is 13.2 Å². The summed E-state index contributed by atoms with van der Waals surface area (Å²) in [6.45, 7) is 2.23. The summed E-state index contributed by atoms with van der Waals surface area (Å²) in [5, 5.41) is 9.07. The van der Waals surface area contributed by atoms with Crippen molar-refractivity contribution < 1.29 is 23.1 Å². The van der Waals surface area contributed by atoms with Crippen molar-refractivity contribution in [2.24, 2.45) is 0 Å². The summed E-state index contributed by atoms with van der Waals surface area (Å²) in [5.74, 6) is -1.32. The van der Waals surface area contributed by atoms with E-state index in [1.807, 2.05) is 0 Å². The zero-order valence-corrected chi connectivity index (χ0v) is 11.7. The monoisotopic (exact) mass is 300 g/mol. The Balaban J connectivity index is 2.38. The smallest absolute Gasteiger partial charge is 0.337 e. The van der Waals surface area contributed by atoms with Crippen LogP contribution in [0, 0.1) is 0 Å². The molecule has 2 rings (SSSR count). The Morgan fingerprint density at radius 2 is 2.20 bits per heavy atom. The van der Waals surface area contributed by atoms with Gasteiger partial charge in [-0.3, -0.25) is 0 Å². The van der Waals surface area contributed by atoms with Gasteiger partial charge in [-0.2, -0.15) is 0 Å². The molecule has 0 spiro atoms. The quantitative estimate of drug-likeness (QED) is 0.693. The van der Waals surface area contributed by atoms with Crippen molar-refractivity contribution >= 4 is 21.7 Å². The van der Waals surface area contributed by atoms with Gasteiger partial charge in [0.2, 0.25) is 10.0 Å². The topological polar surface area (TPSA) is 119 Å². The second-order valence-corrected chi connectivity index (χ2v) is 6.34. The number of nitrogen functional groups attached to an aromatic ring is 1. The molecule has 0 aliphatic carbocycles. The lowest BCUT2D eigenvalue weighted by Crippen LogP contribution is -2.39. The van der Waals surface area contributed by atoms with Gasteiger partial charge in [0.15, 0.2) is 0 Å². The van der Waals surface area contributed by atoms with Crippen LogP contribution < -0.4 is 10.5 Å². The van der Waals surface area contributed by atoms with Gasteiger partial charge in [0.1, 0.15) is 0 Å². The molecule has 8 heteroatoms. The number of anilines is 1. The first kappa shape index (κ1) is 14.8. The van der Waals surface area contributed by atoms with Crippen molar-refractivity contribution in [3.63, 3.8) is 0 Å². The Kier molecular flexibility index (Phi) is 3.98. The second-order valence-electron chi connectivity index (χ2n) is 4.65. The fourth-order valence-corrected chi connectivity index (χ4v) is 3.66. The van der Waals surface area contributed by atoms with Crippen molar-refractivity contribution in [2.45, 2.75) is 30.4 Å². The predicted octanol–water partition coefficient (Wildman–Crippen LogP) is 0.423. The maximum absolute atomic E-state index is 12.3. The van der Waals surface area contributed by atoms with Gasteiger partial charge in [-0.25, -0.2) is 17.9 Å². The lowest BCUT2D eigenvalue weighted by Gasteiger charge is -2.17. The first-order chi connectivity index (χ1) is 9.31. The van der Waals surface area contributed by atoms with Crippen LogP contribution in [0.15, 0.2) is 23.1 Å². The molecule has 1 saturated heterocycles. The van der Waals surface area contributed by atoms with Crippen LogP contribution in [0.4, 0.5) is 5.69 Å². The number of carbonyl (C=O) groups is 1. The lowest BCUT2D eigenvalue weighted by molar-refractivity contribution is 0.0692. The average Bonchev–Trinajstić information content (AvgIpc) is 2.74. The fourth-order valence-electron chi connectivity index (χ4n) is 2.09. The van der Waals surface area contributed by atoms with Crippen LogP contribution in [0.25, 0.3) is 0 Å². The van der Waals surface area contributed by atoms with Gasteiger partial charge in [0.25, 0.3) is 0 Å². The van der Waals surface area contributed by atoms with Crippen molar-refractivity contribution in [3.05, 3.63) is 23.8 Å². The Labute approximate surface area is 116 Å². The molecular weight excluding hydrogens is 284 g/mol. The molecule has 0 saturated carbocycles. The maximum Gasteiger partial charge on any atom is 0.337 e. The number of sulfonamides is 1. The number of rotatable bonds is 4. The van der Waals surface area contributed by atoms with Gasteiger partial charge in [-0.05, 0) is 31.5 Å². The highest BCUT2D eigenvalue weighted by atomic mass is 32.2. The Morgan fingerprint density at radius 3 is 2.75 bits per heavy atom. The molecule has 0 aromatic heterocycles. The molecule has 20 heavy (non-hydrogen) atoms. The van der Waals surface area contributed by atoms with Crippen LogP contribution in [0.1, 0.15) is 23.7 Å². The van der Waals surface area contributed by atoms with Gasteiger partial charge < -0.3 is 15.6 Å². The number of nitrogens with two attached hydrogens (primary N) is 1. The summed E-state index contributed by atoms with van der Waals surface area (Å²) in [4.78, 5) is 10.8. The van der Waals surface area contributed by atoms with Gasteiger partial charge in [-0.15, -0.1) is 0 Å². The minimum absolute atomic E-state index is 0.186. The first-order valence-electron chi connectivity index (χ1n) is 6.08. The molecule has 1 fully saturated rings. The number of nitrogens with one attached hydrogen (secondary N) is 1. The molecular formula is C12H16N2O5S. The fraction of sp³-hybridized carbons (Fsp3) is 0.417. The number of carboxylic acids is 1. The summed E-state index contributed by atoms with van der Waals surface area (Å²) in [7, 11) is -3.97. The van der Waals surface area contributed by atoms with Crippen LogP contribution in [-0.2, 0) is 14.8 Å². The number of carboxylic acid groups (broad SMARTS) is 1. The summed E-state index contributed by atoms with van der Waals surface area (Å²) in [5.41, 5.74) is 5.43. The van der Waals surface area contributed by atoms with Crippen LogP contribution in [0.5, 0.6) is 0 Å². The summed E-state index contributed by atoms with van der Waals surface area (Å²) >= 11 is 0. The number of hydrogen-bond acceptors (Lipinski definition) is 5. The molecule has 2 atom stereocenters. The molecule has 0 bridgehead atoms. The van der Waals surface area contributed by atoms with E-state index in [0.29, 0.717) is 13.0 Å². The van der Waals surface area contributed by atoms with Crippen molar-refractivity contribution in [1.82, 2.24) is 4.72 Å². The highest BCUT2D eigenvalue weighted by Crippen LogP contribution is 2.22. The normalized spacial score (nSPS) is 22.9. The zero-order chi connectivity index (χ0) is 14.9. The summed E-state index contributed by atoms with van der Waals surface area (Å²) < 4.78 is 32.4. The highest BCUT2D eigenvalue weighted by Gasteiger charge is 2.31. The molecule has 110 valence electrons. The first-order valence-corrected chi connectivity index (χ1v) is 7.56. The third-order valence-electron chi connectivity index (χ3n) is 3.21. The van der Waals surface area contributed by atoms with Crippen LogP contribution >= 0.6 is 0 Å². The molecule has 1 aliphatic heterocycles. The number of benzene rings is 1. The van der Waals surface area contributed by atoms with Gasteiger partial charge in [0, 0.05) is 12.3 Å². The van der Waals surface area contributed by atoms with Gasteiger partial charge in [-0.1, -0.05) is 0 Å². The number of hydrogen-bond donors (Lipinski definition) is 3. The lowest BCUT2D eigenvalue weighted by atomic mass is 10.2. The minimum Gasteiger partial charge on any atom is -0.478 e. The molecule has 7 nitrogen and oxygen atoms in total. The van der Waals surface area contributed by atoms with E-state index in [1.54, 1.807) is 6.92 Å². The van der Waals surface area contributed by atoms with E-state index in [-0.39, 0.29) is 28.3 Å². The largest absolute Gasteiger partial charge is 0.478 e. The van der Waals surface area contributed by atoms with Crippen LogP contribution in [-0.4, -0.2) is 38.2 Å². The molecule has 1 aromatic rings. The maximum atomic E-state index is 12.3. The molecule has 1 aromatic carbocycles.